The molecule has 1 saturated carbocycles. The molecule has 0 aliphatic heterocycles. The zero-order chi connectivity index (χ0) is 17.5. The molecule has 0 bridgehead atoms. The Morgan fingerprint density at radius 3 is 2.84 bits per heavy atom. The van der Waals surface area contributed by atoms with Crippen molar-refractivity contribution in [3.05, 3.63) is 34.6 Å². The summed E-state index contributed by atoms with van der Waals surface area (Å²) < 4.78 is 7.07. The average molecular weight is 342 g/mol. The second kappa shape index (κ2) is 8.76. The smallest absolute Gasteiger partial charge is 0.262 e. The molecule has 1 fully saturated rings. The third-order valence-electron chi connectivity index (χ3n) is 4.48. The minimum absolute atomic E-state index is 0.0338. The number of aromatic nitrogens is 2. The molecule has 6 heteroatoms. The minimum atomic E-state index is -0.0338. The molecule has 1 aliphatic carbocycles. The Morgan fingerprint density at radius 1 is 1.24 bits per heavy atom. The van der Waals surface area contributed by atoms with E-state index in [2.05, 4.69) is 15.5 Å². The molecule has 0 unspecified atom stereocenters. The monoisotopic (exact) mass is 342 g/mol. The first-order chi connectivity index (χ1) is 12.3. The Balaban J connectivity index is 1.88. The summed E-state index contributed by atoms with van der Waals surface area (Å²) in [7, 11) is 0. The van der Waals surface area contributed by atoms with E-state index < -0.39 is 0 Å². The van der Waals surface area contributed by atoms with Crippen LogP contribution in [0, 0.1) is 0 Å². The Hall–Kier alpha value is -2.21. The fourth-order valence-electron chi connectivity index (χ4n) is 3.13. The highest BCUT2D eigenvalue weighted by atomic mass is 16.5. The average Bonchev–Trinajstić information content (AvgIpc) is 2.66. The number of hydrogen-bond donors (Lipinski definition) is 1. The van der Waals surface area contributed by atoms with Crippen molar-refractivity contribution >= 4 is 22.6 Å². The van der Waals surface area contributed by atoms with Crippen LogP contribution in [-0.4, -0.2) is 28.5 Å². The predicted molar refractivity (Wildman–Crippen MR) is 101 cm³/mol. The number of hydrazone groups is 1. The second-order valence-electron chi connectivity index (χ2n) is 6.31. The van der Waals surface area contributed by atoms with Gasteiger partial charge in [-0.1, -0.05) is 18.6 Å². The van der Waals surface area contributed by atoms with Crippen molar-refractivity contribution in [2.75, 3.05) is 18.6 Å². The Morgan fingerprint density at radius 2 is 2.04 bits per heavy atom. The number of hydrogen-bond acceptors (Lipinski definition) is 5. The van der Waals surface area contributed by atoms with Crippen LogP contribution in [0.1, 0.15) is 45.4 Å². The van der Waals surface area contributed by atoms with Gasteiger partial charge in [0.15, 0.2) is 0 Å². The van der Waals surface area contributed by atoms with Crippen molar-refractivity contribution in [2.24, 2.45) is 5.10 Å². The number of nitrogens with one attached hydrogen (secondary N) is 1. The van der Waals surface area contributed by atoms with Crippen LogP contribution in [-0.2, 0) is 11.3 Å². The van der Waals surface area contributed by atoms with Crippen molar-refractivity contribution in [1.82, 2.24) is 9.55 Å². The van der Waals surface area contributed by atoms with Gasteiger partial charge >= 0.3 is 0 Å². The van der Waals surface area contributed by atoms with E-state index in [4.69, 9.17) is 4.74 Å². The highest BCUT2D eigenvalue weighted by Crippen LogP contribution is 2.16. The number of ether oxygens (including phenoxy) is 1. The molecular weight excluding hydrogens is 316 g/mol. The lowest BCUT2D eigenvalue weighted by atomic mass is 9.99. The number of para-hydroxylation sites is 1. The van der Waals surface area contributed by atoms with Gasteiger partial charge in [-0.2, -0.15) is 5.10 Å². The van der Waals surface area contributed by atoms with Gasteiger partial charge in [0.25, 0.3) is 5.56 Å². The summed E-state index contributed by atoms with van der Waals surface area (Å²) in [6.45, 7) is 3.84. The zero-order valence-electron chi connectivity index (χ0n) is 14.8. The molecule has 1 aliphatic rings. The van der Waals surface area contributed by atoms with Crippen LogP contribution in [0.3, 0.4) is 0 Å². The molecule has 0 spiro atoms. The van der Waals surface area contributed by atoms with Crippen molar-refractivity contribution in [3.8, 4) is 0 Å². The molecule has 1 aromatic heterocycles. The predicted octanol–water partition coefficient (Wildman–Crippen LogP) is 3.56. The quantitative estimate of drug-likeness (QED) is 0.617. The third-order valence-corrected chi connectivity index (χ3v) is 4.48. The van der Waals surface area contributed by atoms with E-state index in [9.17, 15) is 4.79 Å². The summed E-state index contributed by atoms with van der Waals surface area (Å²) in [6, 6.07) is 7.44. The number of nitrogens with zero attached hydrogens (tertiary/aromatic N) is 3. The maximum absolute atomic E-state index is 12.9. The molecule has 2 aromatic rings. The first-order valence-corrected chi connectivity index (χ1v) is 9.18. The molecule has 1 N–H and O–H groups in total. The van der Waals surface area contributed by atoms with Crippen LogP contribution in [0.15, 0.2) is 34.2 Å². The summed E-state index contributed by atoms with van der Waals surface area (Å²) in [4.78, 5) is 17.5. The lowest BCUT2D eigenvalue weighted by molar-refractivity contribution is 0.141. The van der Waals surface area contributed by atoms with Gasteiger partial charge in [-0.25, -0.2) is 10.4 Å². The van der Waals surface area contributed by atoms with Gasteiger partial charge in [0.2, 0.25) is 5.95 Å². The van der Waals surface area contributed by atoms with E-state index in [-0.39, 0.29) is 5.56 Å². The van der Waals surface area contributed by atoms with Gasteiger partial charge in [-0.3, -0.25) is 9.36 Å². The normalized spacial score (nSPS) is 14.7. The summed E-state index contributed by atoms with van der Waals surface area (Å²) in [6.07, 6.45) is 6.46. The largest absolute Gasteiger partial charge is 0.382 e. The summed E-state index contributed by atoms with van der Waals surface area (Å²) in [5.74, 6) is 0.512. The fourth-order valence-corrected chi connectivity index (χ4v) is 3.13. The molecule has 0 atom stereocenters. The molecule has 3 rings (SSSR count). The van der Waals surface area contributed by atoms with Crippen molar-refractivity contribution in [3.63, 3.8) is 0 Å². The molecule has 25 heavy (non-hydrogen) atoms. The van der Waals surface area contributed by atoms with Crippen LogP contribution < -0.4 is 11.0 Å². The van der Waals surface area contributed by atoms with E-state index >= 15 is 0 Å². The van der Waals surface area contributed by atoms with E-state index in [1.165, 1.54) is 19.3 Å². The Bertz CT molecular complexity index is 790. The van der Waals surface area contributed by atoms with Gasteiger partial charge < -0.3 is 4.74 Å². The van der Waals surface area contributed by atoms with Gasteiger partial charge in [-0.15, -0.1) is 0 Å². The minimum Gasteiger partial charge on any atom is -0.382 e. The van der Waals surface area contributed by atoms with E-state index in [1.54, 1.807) is 4.57 Å². The van der Waals surface area contributed by atoms with Crippen LogP contribution in [0.4, 0.5) is 5.95 Å². The topological polar surface area (TPSA) is 68.5 Å². The van der Waals surface area contributed by atoms with E-state index in [1.807, 2.05) is 31.2 Å². The fraction of sp³-hybridized carbons (Fsp3) is 0.526. The summed E-state index contributed by atoms with van der Waals surface area (Å²) >= 11 is 0. The summed E-state index contributed by atoms with van der Waals surface area (Å²) in [5, 5.41) is 5.15. The molecule has 6 nitrogen and oxygen atoms in total. The van der Waals surface area contributed by atoms with Crippen molar-refractivity contribution < 1.29 is 4.74 Å². The molecule has 134 valence electrons. The van der Waals surface area contributed by atoms with Gasteiger partial charge in [-0.05, 0) is 51.2 Å². The number of benzene rings is 1. The third kappa shape index (κ3) is 4.45. The lowest BCUT2D eigenvalue weighted by Gasteiger charge is -2.15. The molecule has 0 saturated heterocycles. The molecular formula is C19H26N4O2. The molecule has 0 amide bonds. The lowest BCUT2D eigenvalue weighted by Crippen LogP contribution is -2.25. The maximum Gasteiger partial charge on any atom is 0.262 e. The van der Waals surface area contributed by atoms with Crippen LogP contribution in [0.5, 0.6) is 0 Å². The standard InChI is InChI=1S/C19H26N4O2/c1-2-25-14-8-13-23-18(24)16-11-6-7-12-17(16)20-19(23)22-21-15-9-4-3-5-10-15/h6-7,11-12H,2-5,8-10,13-14H2,1H3,(H,20,22). The Kier molecular flexibility index (Phi) is 6.17. The van der Waals surface area contributed by atoms with Crippen LogP contribution in [0.25, 0.3) is 10.9 Å². The maximum atomic E-state index is 12.9. The highest BCUT2D eigenvalue weighted by Gasteiger charge is 2.12. The van der Waals surface area contributed by atoms with Gasteiger partial charge in [0, 0.05) is 25.5 Å². The molecule has 0 radical (unpaired) electrons. The first kappa shape index (κ1) is 17.6. The van der Waals surface area contributed by atoms with E-state index in [0.29, 0.717) is 36.6 Å². The van der Waals surface area contributed by atoms with Crippen molar-refractivity contribution in [2.45, 2.75) is 52.0 Å². The molecule has 1 aromatic carbocycles. The number of anilines is 1. The van der Waals surface area contributed by atoms with E-state index in [0.717, 1.165) is 25.0 Å². The summed E-state index contributed by atoms with van der Waals surface area (Å²) in [5.41, 5.74) is 4.88. The van der Waals surface area contributed by atoms with Gasteiger partial charge in [0.1, 0.15) is 0 Å². The SMILES string of the molecule is CCOCCCn1c(NN=C2CCCCC2)nc2ccccc2c1=O. The van der Waals surface area contributed by atoms with Crippen LogP contribution in [0.2, 0.25) is 0 Å². The highest BCUT2D eigenvalue weighted by molar-refractivity contribution is 5.85. The van der Waals surface area contributed by atoms with Crippen molar-refractivity contribution in [1.29, 1.82) is 0 Å². The first-order valence-electron chi connectivity index (χ1n) is 9.18. The Labute approximate surface area is 147 Å². The zero-order valence-corrected chi connectivity index (χ0v) is 14.8. The second-order valence-corrected chi connectivity index (χ2v) is 6.31. The molecule has 1 heterocycles. The number of rotatable bonds is 7. The van der Waals surface area contributed by atoms with Gasteiger partial charge in [0.05, 0.1) is 10.9 Å². The van der Waals surface area contributed by atoms with Crippen LogP contribution >= 0.6 is 0 Å². The number of fused-ring (bicyclic) bond motifs is 1.